The zero-order valence-corrected chi connectivity index (χ0v) is 14.0. The fraction of sp³-hybridized carbons (Fsp3) is 0.571. The van der Waals surface area contributed by atoms with Gasteiger partial charge in [-0.05, 0) is 60.8 Å². The van der Waals surface area contributed by atoms with Crippen molar-refractivity contribution >= 4 is 26.0 Å². The van der Waals surface area contributed by atoms with Gasteiger partial charge in [0.1, 0.15) is 5.82 Å². The molecule has 1 aliphatic rings. The topological polar surface area (TPSA) is 37.4 Å². The second-order valence-electron chi connectivity index (χ2n) is 5.44. The highest BCUT2D eigenvalue weighted by Gasteiger charge is 2.36. The van der Waals surface area contributed by atoms with E-state index in [-0.39, 0.29) is 21.5 Å². The van der Waals surface area contributed by atoms with Crippen molar-refractivity contribution in [1.82, 2.24) is 4.31 Å². The smallest absolute Gasteiger partial charge is 0.207 e. The van der Waals surface area contributed by atoms with E-state index in [2.05, 4.69) is 15.9 Å². The molecule has 20 heavy (non-hydrogen) atoms. The highest BCUT2D eigenvalue weighted by atomic mass is 79.9. The predicted octanol–water partition coefficient (Wildman–Crippen LogP) is 3.93. The molecule has 0 heterocycles. The molecule has 1 fully saturated rings. The van der Waals surface area contributed by atoms with Gasteiger partial charge in [-0.15, -0.1) is 0 Å². The number of hydrogen-bond donors (Lipinski definition) is 0. The number of hydrogen-bond acceptors (Lipinski definition) is 2. The third-order valence-electron chi connectivity index (χ3n) is 3.64. The van der Waals surface area contributed by atoms with Gasteiger partial charge in [0.05, 0.1) is 4.90 Å². The summed E-state index contributed by atoms with van der Waals surface area (Å²) in [6.07, 6.45) is 3.93. The van der Waals surface area contributed by atoms with Crippen LogP contribution in [0.25, 0.3) is 0 Å². The number of benzene rings is 1. The Morgan fingerprint density at radius 1 is 1.30 bits per heavy atom. The fourth-order valence-corrected chi connectivity index (χ4v) is 5.75. The van der Waals surface area contributed by atoms with E-state index in [1.165, 1.54) is 18.2 Å². The summed E-state index contributed by atoms with van der Waals surface area (Å²) in [5, 5.41) is 0. The van der Waals surface area contributed by atoms with Gasteiger partial charge in [0.25, 0.3) is 0 Å². The van der Waals surface area contributed by atoms with Gasteiger partial charge >= 0.3 is 0 Å². The molecule has 1 saturated carbocycles. The van der Waals surface area contributed by atoms with Crippen LogP contribution in [0.2, 0.25) is 0 Å². The molecule has 0 aliphatic heterocycles. The zero-order valence-electron chi connectivity index (χ0n) is 11.6. The molecule has 6 heteroatoms. The van der Waals surface area contributed by atoms with E-state index in [1.54, 1.807) is 4.31 Å². The van der Waals surface area contributed by atoms with Gasteiger partial charge in [-0.2, -0.15) is 4.31 Å². The normalized spacial score (nSPS) is 17.3. The molecule has 0 bridgehead atoms. The van der Waals surface area contributed by atoms with E-state index in [9.17, 15) is 12.8 Å². The summed E-state index contributed by atoms with van der Waals surface area (Å²) in [6, 6.07) is 3.65. The lowest BCUT2D eigenvalue weighted by atomic mass is 10.2. The summed E-state index contributed by atoms with van der Waals surface area (Å²) in [6.45, 7) is 3.76. The fourth-order valence-electron chi connectivity index (χ4n) is 2.85. The van der Waals surface area contributed by atoms with Crippen molar-refractivity contribution in [1.29, 1.82) is 0 Å². The standard InChI is InChI=1S/C14H19BrFNO2S/c1-10(2)17(12-5-3-4-6-12)20(18,19)14-8-7-11(16)9-13(14)15/h7-10,12H,3-6H2,1-2H3. The minimum Gasteiger partial charge on any atom is -0.207 e. The number of rotatable bonds is 4. The van der Waals surface area contributed by atoms with Crippen molar-refractivity contribution in [2.45, 2.75) is 56.5 Å². The van der Waals surface area contributed by atoms with Crippen molar-refractivity contribution in [2.75, 3.05) is 0 Å². The van der Waals surface area contributed by atoms with Crippen molar-refractivity contribution in [2.24, 2.45) is 0 Å². The Balaban J connectivity index is 2.44. The van der Waals surface area contributed by atoms with Gasteiger partial charge < -0.3 is 0 Å². The zero-order chi connectivity index (χ0) is 14.9. The summed E-state index contributed by atoms with van der Waals surface area (Å²) < 4.78 is 40.8. The summed E-state index contributed by atoms with van der Waals surface area (Å²) >= 11 is 3.16. The van der Waals surface area contributed by atoms with Crippen LogP contribution < -0.4 is 0 Å². The maximum atomic E-state index is 13.2. The number of halogens is 2. The van der Waals surface area contributed by atoms with Crippen molar-refractivity contribution in [3.63, 3.8) is 0 Å². The molecule has 2 rings (SSSR count). The lowest BCUT2D eigenvalue weighted by molar-refractivity contribution is 0.275. The molecular formula is C14H19BrFNO2S. The van der Waals surface area contributed by atoms with Crippen LogP contribution >= 0.6 is 15.9 Å². The minimum absolute atomic E-state index is 0.0527. The van der Waals surface area contributed by atoms with E-state index in [0.29, 0.717) is 0 Å². The maximum absolute atomic E-state index is 13.2. The van der Waals surface area contributed by atoms with Crippen LogP contribution in [-0.4, -0.2) is 24.8 Å². The molecule has 3 nitrogen and oxygen atoms in total. The Bertz CT molecular complexity index is 583. The van der Waals surface area contributed by atoms with Crippen LogP contribution in [0.4, 0.5) is 4.39 Å². The molecule has 0 atom stereocenters. The quantitative estimate of drug-likeness (QED) is 0.812. The van der Waals surface area contributed by atoms with Gasteiger partial charge in [-0.1, -0.05) is 12.8 Å². The summed E-state index contributed by atoms with van der Waals surface area (Å²) in [5.41, 5.74) is 0. The molecule has 1 aliphatic carbocycles. The van der Waals surface area contributed by atoms with E-state index >= 15 is 0 Å². The molecule has 0 spiro atoms. The SMILES string of the molecule is CC(C)N(C1CCCC1)S(=O)(=O)c1ccc(F)cc1Br. The average molecular weight is 364 g/mol. The second kappa shape index (κ2) is 6.12. The number of nitrogens with zero attached hydrogens (tertiary/aromatic N) is 1. The Morgan fingerprint density at radius 2 is 1.90 bits per heavy atom. The molecule has 1 aromatic carbocycles. The molecular weight excluding hydrogens is 345 g/mol. The lowest BCUT2D eigenvalue weighted by Crippen LogP contribution is -2.43. The van der Waals surface area contributed by atoms with Crippen molar-refractivity contribution in [3.8, 4) is 0 Å². The van der Waals surface area contributed by atoms with Crippen LogP contribution in [0, 0.1) is 5.82 Å². The molecule has 0 saturated heterocycles. The molecule has 112 valence electrons. The van der Waals surface area contributed by atoms with Crippen molar-refractivity contribution < 1.29 is 12.8 Å². The first-order chi connectivity index (χ1) is 9.34. The summed E-state index contributed by atoms with van der Waals surface area (Å²) in [4.78, 5) is 0.138. The van der Waals surface area contributed by atoms with Gasteiger partial charge in [-0.3, -0.25) is 0 Å². The highest BCUT2D eigenvalue weighted by Crippen LogP contribution is 2.33. The molecule has 0 radical (unpaired) electrons. The maximum Gasteiger partial charge on any atom is 0.244 e. The van der Waals surface area contributed by atoms with E-state index in [1.807, 2.05) is 13.8 Å². The minimum atomic E-state index is -3.61. The third-order valence-corrected chi connectivity index (χ3v) is 6.75. The van der Waals surface area contributed by atoms with Gasteiger partial charge in [0, 0.05) is 16.6 Å². The van der Waals surface area contributed by atoms with Crippen LogP contribution in [0.3, 0.4) is 0 Å². The summed E-state index contributed by atoms with van der Waals surface area (Å²) in [7, 11) is -3.61. The Kier molecular flexibility index (Phi) is 4.87. The average Bonchev–Trinajstić information content (AvgIpc) is 2.80. The third kappa shape index (κ3) is 3.07. The summed E-state index contributed by atoms with van der Waals surface area (Å²) in [5.74, 6) is -0.451. The van der Waals surface area contributed by atoms with Crippen LogP contribution in [0.1, 0.15) is 39.5 Å². The molecule has 0 amide bonds. The molecule has 1 aromatic rings. The predicted molar refractivity (Wildman–Crippen MR) is 80.5 cm³/mol. The first-order valence-electron chi connectivity index (χ1n) is 6.82. The van der Waals surface area contributed by atoms with Gasteiger partial charge in [0.2, 0.25) is 10.0 Å². The second-order valence-corrected chi connectivity index (χ2v) is 8.11. The van der Waals surface area contributed by atoms with Crippen LogP contribution in [0.15, 0.2) is 27.6 Å². The van der Waals surface area contributed by atoms with Crippen LogP contribution in [0.5, 0.6) is 0 Å². The van der Waals surface area contributed by atoms with Crippen LogP contribution in [-0.2, 0) is 10.0 Å². The van der Waals surface area contributed by atoms with E-state index in [0.717, 1.165) is 25.7 Å². The molecule has 0 N–H and O–H groups in total. The Morgan fingerprint density at radius 3 is 2.40 bits per heavy atom. The van der Waals surface area contributed by atoms with E-state index in [4.69, 9.17) is 0 Å². The Labute approximate surface area is 128 Å². The van der Waals surface area contributed by atoms with Crippen molar-refractivity contribution in [3.05, 3.63) is 28.5 Å². The van der Waals surface area contributed by atoms with Gasteiger partial charge in [0.15, 0.2) is 0 Å². The van der Waals surface area contributed by atoms with Gasteiger partial charge in [-0.25, -0.2) is 12.8 Å². The highest BCUT2D eigenvalue weighted by molar-refractivity contribution is 9.10. The lowest BCUT2D eigenvalue weighted by Gasteiger charge is -2.31. The largest absolute Gasteiger partial charge is 0.244 e. The van der Waals surface area contributed by atoms with E-state index < -0.39 is 15.8 Å². The first kappa shape index (κ1) is 15.9. The first-order valence-corrected chi connectivity index (χ1v) is 9.06. The Hall–Kier alpha value is -0.460. The monoisotopic (exact) mass is 363 g/mol. The number of sulfonamides is 1. The molecule has 0 unspecified atom stereocenters. The molecule has 0 aromatic heterocycles.